The monoisotopic (exact) mass is 529 g/mol. The summed E-state index contributed by atoms with van der Waals surface area (Å²) in [6.45, 7) is 11.2. The van der Waals surface area contributed by atoms with Crippen molar-refractivity contribution in [2.75, 3.05) is 6.61 Å². The highest BCUT2D eigenvalue weighted by atomic mass is 16.5. The van der Waals surface area contributed by atoms with Crippen LogP contribution in [0.5, 0.6) is 0 Å². The maximum atomic E-state index is 12.4. The van der Waals surface area contributed by atoms with Crippen LogP contribution in [0.2, 0.25) is 0 Å². The van der Waals surface area contributed by atoms with Gasteiger partial charge in [-0.25, -0.2) is 0 Å². The van der Waals surface area contributed by atoms with Crippen molar-refractivity contribution in [2.45, 2.75) is 124 Å². The van der Waals surface area contributed by atoms with E-state index < -0.39 is 0 Å². The molecule has 0 saturated heterocycles. The number of rotatable bonds is 9. The topological polar surface area (TPSA) is 96.6 Å². The Labute approximate surface area is 230 Å². The molecule has 6 heteroatoms. The maximum Gasteiger partial charge on any atom is 0.308 e. The zero-order chi connectivity index (χ0) is 27.7. The van der Waals surface area contributed by atoms with Crippen LogP contribution in [-0.4, -0.2) is 35.9 Å². The lowest BCUT2D eigenvalue weighted by Crippen LogP contribution is -2.59. The Morgan fingerprint density at radius 1 is 1.08 bits per heavy atom. The van der Waals surface area contributed by atoms with E-state index in [9.17, 15) is 14.7 Å². The maximum absolute atomic E-state index is 12.4. The third kappa shape index (κ3) is 5.38. The van der Waals surface area contributed by atoms with Gasteiger partial charge in [-0.3, -0.25) is 9.59 Å². The molecule has 4 fully saturated rings. The number of nitriles is 1. The Hall–Kier alpha value is -1.61. The number of aliphatic hydroxyl groups excluding tert-OH is 1. The number of ether oxygens (including phenoxy) is 2. The molecule has 0 aromatic rings. The summed E-state index contributed by atoms with van der Waals surface area (Å²) in [4.78, 5) is 24.6. The van der Waals surface area contributed by atoms with Gasteiger partial charge in [-0.1, -0.05) is 34.6 Å². The van der Waals surface area contributed by atoms with Crippen molar-refractivity contribution in [2.24, 2.45) is 52.3 Å². The van der Waals surface area contributed by atoms with E-state index in [4.69, 9.17) is 14.7 Å². The first-order chi connectivity index (χ1) is 18.1. The van der Waals surface area contributed by atoms with Crippen molar-refractivity contribution < 1.29 is 24.2 Å². The van der Waals surface area contributed by atoms with Crippen molar-refractivity contribution >= 4 is 11.9 Å². The molecule has 9 unspecified atom stereocenters. The van der Waals surface area contributed by atoms with Gasteiger partial charge in [-0.05, 0) is 111 Å². The van der Waals surface area contributed by atoms with Crippen LogP contribution in [0.25, 0.3) is 0 Å². The van der Waals surface area contributed by atoms with E-state index >= 15 is 0 Å². The lowest BCUT2D eigenvalue weighted by atomic mass is 9.43. The van der Waals surface area contributed by atoms with Gasteiger partial charge < -0.3 is 14.6 Å². The Bertz CT molecular complexity index is 899. The number of hydrogen-bond acceptors (Lipinski definition) is 6. The van der Waals surface area contributed by atoms with Crippen LogP contribution < -0.4 is 0 Å². The molecule has 0 radical (unpaired) electrons. The van der Waals surface area contributed by atoms with E-state index in [1.807, 2.05) is 19.9 Å². The molecule has 6 nitrogen and oxygen atoms in total. The first kappa shape index (κ1) is 29.4. The van der Waals surface area contributed by atoms with Gasteiger partial charge >= 0.3 is 11.9 Å². The number of carbonyl (C=O) groups is 2. The number of carbonyl (C=O) groups excluding carboxylic acids is 2. The molecule has 0 heterocycles. The summed E-state index contributed by atoms with van der Waals surface area (Å²) >= 11 is 0. The molecular formula is C32H51NO5. The summed E-state index contributed by atoms with van der Waals surface area (Å²) in [7, 11) is 0. The van der Waals surface area contributed by atoms with Gasteiger partial charge in [-0.2, -0.15) is 5.26 Å². The summed E-state index contributed by atoms with van der Waals surface area (Å²) in [6.07, 6.45) is 10.5. The highest BCUT2D eigenvalue weighted by Crippen LogP contribution is 2.68. The molecule has 0 bridgehead atoms. The van der Waals surface area contributed by atoms with Crippen LogP contribution in [0, 0.1) is 63.6 Å². The van der Waals surface area contributed by atoms with Gasteiger partial charge in [0.1, 0.15) is 12.7 Å². The van der Waals surface area contributed by atoms with Gasteiger partial charge in [0.2, 0.25) is 0 Å². The van der Waals surface area contributed by atoms with E-state index in [1.54, 1.807) is 0 Å². The summed E-state index contributed by atoms with van der Waals surface area (Å²) in [6, 6.07) is 2.01. The molecular weight excluding hydrogens is 478 g/mol. The second-order valence-corrected chi connectivity index (χ2v) is 13.7. The lowest BCUT2D eigenvalue weighted by molar-refractivity contribution is -0.183. The van der Waals surface area contributed by atoms with Crippen molar-refractivity contribution in [3.8, 4) is 6.07 Å². The molecule has 4 saturated carbocycles. The number of esters is 2. The Kier molecular flexibility index (Phi) is 9.17. The predicted octanol–water partition coefficient (Wildman–Crippen LogP) is 6.45. The van der Waals surface area contributed by atoms with Crippen molar-refractivity contribution in [1.82, 2.24) is 0 Å². The summed E-state index contributed by atoms with van der Waals surface area (Å²) in [5.41, 5.74) is 0.110. The number of nitrogens with zero attached hydrogens (tertiary/aromatic N) is 1. The highest BCUT2D eigenvalue weighted by Gasteiger charge is 2.63. The fraction of sp³-hybridized carbons (Fsp3) is 0.906. The molecule has 0 aromatic heterocycles. The second kappa shape index (κ2) is 11.9. The minimum absolute atomic E-state index is 0.0304. The SMILES string of the molecule is CCC(C)C(=O)OC1CC[C@@]2(C)C(CCC3C2CC(O)[C@]2(C)C(C(C)CCC(=O)OCCC#N)CCC32)C1. The highest BCUT2D eigenvalue weighted by molar-refractivity contribution is 5.72. The fourth-order valence-electron chi connectivity index (χ4n) is 9.53. The second-order valence-electron chi connectivity index (χ2n) is 13.7. The largest absolute Gasteiger partial charge is 0.465 e. The van der Waals surface area contributed by atoms with Crippen molar-refractivity contribution in [3.05, 3.63) is 0 Å². The lowest BCUT2D eigenvalue weighted by Gasteiger charge is -2.62. The third-order valence-electron chi connectivity index (χ3n) is 12.1. The van der Waals surface area contributed by atoms with E-state index in [2.05, 4.69) is 20.8 Å². The van der Waals surface area contributed by atoms with E-state index in [0.717, 1.165) is 44.9 Å². The molecule has 4 aliphatic rings. The molecule has 0 aliphatic heterocycles. The number of aliphatic hydroxyl groups is 1. The van der Waals surface area contributed by atoms with Crippen LogP contribution in [0.3, 0.4) is 0 Å². The molecule has 0 amide bonds. The normalized spacial score (nSPS) is 41.6. The fourth-order valence-corrected chi connectivity index (χ4v) is 9.53. The molecule has 38 heavy (non-hydrogen) atoms. The van der Waals surface area contributed by atoms with Gasteiger partial charge in [-0.15, -0.1) is 0 Å². The summed E-state index contributed by atoms with van der Waals surface area (Å²) < 4.78 is 11.1. The quantitative estimate of drug-likeness (QED) is 0.272. The minimum atomic E-state index is -0.317. The van der Waals surface area contributed by atoms with Crippen LogP contribution in [0.1, 0.15) is 112 Å². The van der Waals surface area contributed by atoms with E-state index in [1.165, 1.54) is 19.3 Å². The standard InChI is InChI=1S/C32H51NO5/c1-6-20(2)30(36)38-23-14-15-31(4)22(18-23)9-10-24-26-12-11-25(32(26,5)28(34)19-27(24)31)21(3)8-13-29(35)37-17-7-16-33/h20-28,34H,6-15,17-19H2,1-5H3/t20?,21?,22?,23?,24?,25?,26?,27?,28?,31-,32+/m0/s1. The van der Waals surface area contributed by atoms with Crippen molar-refractivity contribution in [3.63, 3.8) is 0 Å². The Morgan fingerprint density at radius 3 is 2.55 bits per heavy atom. The van der Waals surface area contributed by atoms with Crippen molar-refractivity contribution in [1.29, 1.82) is 5.26 Å². The van der Waals surface area contributed by atoms with Gasteiger partial charge in [0.15, 0.2) is 0 Å². The van der Waals surface area contributed by atoms with Crippen LogP contribution in [-0.2, 0) is 19.1 Å². The first-order valence-corrected chi connectivity index (χ1v) is 15.5. The number of hydrogen-bond donors (Lipinski definition) is 1. The summed E-state index contributed by atoms with van der Waals surface area (Å²) in [5, 5.41) is 20.4. The van der Waals surface area contributed by atoms with E-state index in [0.29, 0.717) is 41.9 Å². The van der Waals surface area contributed by atoms with Crippen LogP contribution >= 0.6 is 0 Å². The average molecular weight is 530 g/mol. The summed E-state index contributed by atoms with van der Waals surface area (Å²) in [5.74, 6) is 2.75. The zero-order valence-corrected chi connectivity index (χ0v) is 24.4. The molecule has 11 atom stereocenters. The van der Waals surface area contributed by atoms with Crippen LogP contribution in [0.15, 0.2) is 0 Å². The molecule has 0 spiro atoms. The first-order valence-electron chi connectivity index (χ1n) is 15.5. The average Bonchev–Trinajstić information content (AvgIpc) is 3.26. The zero-order valence-electron chi connectivity index (χ0n) is 24.4. The molecule has 1 N–H and O–H groups in total. The Balaban J connectivity index is 1.40. The van der Waals surface area contributed by atoms with Gasteiger partial charge in [0.25, 0.3) is 0 Å². The minimum Gasteiger partial charge on any atom is -0.465 e. The third-order valence-corrected chi connectivity index (χ3v) is 12.1. The molecule has 0 aromatic carbocycles. The van der Waals surface area contributed by atoms with Crippen LogP contribution in [0.4, 0.5) is 0 Å². The van der Waals surface area contributed by atoms with Gasteiger partial charge in [0.05, 0.1) is 24.5 Å². The smallest absolute Gasteiger partial charge is 0.308 e. The molecule has 4 aliphatic carbocycles. The Morgan fingerprint density at radius 2 is 1.84 bits per heavy atom. The molecule has 4 rings (SSSR count). The molecule has 214 valence electrons. The van der Waals surface area contributed by atoms with Gasteiger partial charge in [0, 0.05) is 6.42 Å². The number of fused-ring (bicyclic) bond motifs is 5. The van der Waals surface area contributed by atoms with E-state index in [-0.39, 0.29) is 53.9 Å². The predicted molar refractivity (Wildman–Crippen MR) is 146 cm³/mol.